The predicted octanol–water partition coefficient (Wildman–Crippen LogP) is 14.9. The fraction of sp³-hybridized carbons (Fsp3) is 0.273. The summed E-state index contributed by atoms with van der Waals surface area (Å²) < 4.78 is 41.5. The Morgan fingerprint density at radius 3 is 1.81 bits per heavy atom. The van der Waals surface area contributed by atoms with Crippen molar-refractivity contribution in [3.63, 3.8) is 0 Å². The zero-order valence-electron chi connectivity index (χ0n) is 38.0. The highest BCUT2D eigenvalue weighted by Gasteiger charge is 2.23. The summed E-state index contributed by atoms with van der Waals surface area (Å²) in [4.78, 5) is 9.42. The van der Waals surface area contributed by atoms with Crippen molar-refractivity contribution in [2.45, 2.75) is 96.2 Å². The molecule has 57 heavy (non-hydrogen) atoms. The number of pyridine rings is 2. The number of aryl methyl sites for hydroxylation is 4. The Hall–Kier alpha value is -5.60. The van der Waals surface area contributed by atoms with E-state index in [1.165, 1.54) is 46.0 Å². The zero-order chi connectivity index (χ0) is 42.9. The van der Waals surface area contributed by atoms with Crippen LogP contribution in [-0.4, -0.2) is 9.97 Å². The first-order chi connectivity index (χ1) is 29.9. The molecule has 7 aromatic rings. The molecule has 0 amide bonds. The van der Waals surface area contributed by atoms with Crippen LogP contribution in [0.15, 0.2) is 146 Å². The third-order valence-corrected chi connectivity index (χ3v) is 12.1. The third-order valence-electron chi connectivity index (χ3n) is 12.1. The molecule has 5 aromatic carbocycles. The van der Waals surface area contributed by atoms with Gasteiger partial charge in [-0.2, -0.15) is 0 Å². The minimum Gasteiger partial charge on any atom is -0.256 e. The maximum atomic E-state index is 9.49. The molecule has 0 aliphatic heterocycles. The van der Waals surface area contributed by atoms with E-state index >= 15 is 0 Å². The standard InChI is InChI=1S/C55H54N2/c1-38-16-31-54(56-36-38)47-21-19-40(20-22-47)17-18-41-32-39(2)33-49(34-41)51-15-9-8-14-50(51)45-27-29-48(30-28-45)55-35-52(53(37-57-55)44-12-6-7-13-44)46-25-23-43(24-26-46)42-10-4-3-5-11-42/h8-9,14-16,19-37,42,44H,3-7,10-13,17-18H2,1-2H3/i1D3,42D,44D. The maximum Gasteiger partial charge on any atom is 0.0708 e. The Labute approximate surface area is 347 Å². The normalized spacial score (nSPS) is 17.5. The molecule has 2 aliphatic rings. The van der Waals surface area contributed by atoms with Gasteiger partial charge >= 0.3 is 0 Å². The number of rotatable bonds is 10. The van der Waals surface area contributed by atoms with E-state index in [0.717, 1.165) is 115 Å². The molecule has 0 bridgehead atoms. The van der Waals surface area contributed by atoms with Gasteiger partial charge in [-0.3, -0.25) is 9.97 Å². The lowest BCUT2D eigenvalue weighted by atomic mass is 9.83. The number of hydrogen-bond donors (Lipinski definition) is 0. The van der Waals surface area contributed by atoms with Crippen LogP contribution in [0.2, 0.25) is 0 Å². The fourth-order valence-corrected chi connectivity index (χ4v) is 9.02. The Kier molecular flexibility index (Phi) is 9.31. The molecule has 284 valence electrons. The van der Waals surface area contributed by atoms with E-state index in [1.807, 2.05) is 6.20 Å². The van der Waals surface area contributed by atoms with Gasteiger partial charge in [0.05, 0.1) is 11.4 Å². The molecule has 0 unspecified atom stereocenters. The maximum absolute atomic E-state index is 9.49. The second-order valence-corrected chi connectivity index (χ2v) is 16.1. The molecule has 2 aliphatic carbocycles. The van der Waals surface area contributed by atoms with Gasteiger partial charge in [0, 0.05) is 30.4 Å². The Bertz CT molecular complexity index is 2650. The molecule has 0 spiro atoms. The van der Waals surface area contributed by atoms with Gasteiger partial charge in [-0.1, -0.05) is 159 Å². The van der Waals surface area contributed by atoms with Gasteiger partial charge in [0.1, 0.15) is 0 Å². The molecule has 0 radical (unpaired) electrons. The summed E-state index contributed by atoms with van der Waals surface area (Å²) in [6.45, 7) is 0.0119. The summed E-state index contributed by atoms with van der Waals surface area (Å²) >= 11 is 0. The monoisotopic (exact) mass is 747 g/mol. The minimum atomic E-state index is -2.16. The van der Waals surface area contributed by atoms with E-state index in [0.29, 0.717) is 0 Å². The van der Waals surface area contributed by atoms with Crippen LogP contribution >= 0.6 is 0 Å². The number of nitrogens with zero attached hydrogens (tertiary/aromatic N) is 2. The van der Waals surface area contributed by atoms with Gasteiger partial charge in [-0.05, 0) is 137 Å². The largest absolute Gasteiger partial charge is 0.256 e. The lowest BCUT2D eigenvalue weighted by molar-refractivity contribution is 0.443. The van der Waals surface area contributed by atoms with Crippen LogP contribution in [0, 0.1) is 13.8 Å². The molecule has 0 N–H and O–H groups in total. The van der Waals surface area contributed by atoms with Crippen molar-refractivity contribution in [2.24, 2.45) is 0 Å². The summed E-state index contributed by atoms with van der Waals surface area (Å²) in [7, 11) is 0. The lowest BCUT2D eigenvalue weighted by Crippen LogP contribution is -2.04. The van der Waals surface area contributed by atoms with Gasteiger partial charge in [0.15, 0.2) is 0 Å². The quantitative estimate of drug-likeness (QED) is 0.139. The second-order valence-electron chi connectivity index (χ2n) is 16.1. The molecule has 9 rings (SSSR count). The van der Waals surface area contributed by atoms with Crippen molar-refractivity contribution < 1.29 is 6.85 Å². The van der Waals surface area contributed by atoms with Gasteiger partial charge < -0.3 is 0 Å². The second kappa shape index (κ2) is 16.9. The van der Waals surface area contributed by atoms with Crippen molar-refractivity contribution in [1.29, 1.82) is 0 Å². The number of benzene rings is 5. The summed E-state index contributed by atoms with van der Waals surface area (Å²) in [6, 6.07) is 47.0. The first kappa shape index (κ1) is 31.5. The predicted molar refractivity (Wildman–Crippen MR) is 240 cm³/mol. The van der Waals surface area contributed by atoms with Crippen molar-refractivity contribution in [2.75, 3.05) is 0 Å². The van der Waals surface area contributed by atoms with Crippen LogP contribution < -0.4 is 0 Å². The summed E-state index contributed by atoms with van der Waals surface area (Å²) in [5.41, 5.74) is 16.7. The molecule has 0 atom stereocenters. The van der Waals surface area contributed by atoms with Crippen LogP contribution in [0.4, 0.5) is 0 Å². The van der Waals surface area contributed by atoms with E-state index in [2.05, 4.69) is 133 Å². The van der Waals surface area contributed by atoms with Gasteiger partial charge in [0.2, 0.25) is 0 Å². The average molecular weight is 748 g/mol. The van der Waals surface area contributed by atoms with E-state index in [1.54, 1.807) is 12.1 Å². The third kappa shape index (κ3) is 8.42. The smallest absolute Gasteiger partial charge is 0.0708 e. The van der Waals surface area contributed by atoms with Crippen LogP contribution in [0.3, 0.4) is 0 Å². The van der Waals surface area contributed by atoms with Gasteiger partial charge in [-0.15, -0.1) is 0 Å². The van der Waals surface area contributed by atoms with E-state index in [-0.39, 0.29) is 5.56 Å². The SMILES string of the molecule is [2H]C([2H])([2H])c1ccc(-c2ccc(CCc3cc(C)cc(-c4ccccc4-c4ccc(-c5cc(-c6ccc(C7([2H])CCCCC7)cc6)c(C6([2H])CCCC6)cn5)cc4)c3)cc2)nc1. The topological polar surface area (TPSA) is 25.8 Å². The Morgan fingerprint density at radius 2 is 1.09 bits per heavy atom. The molecule has 0 saturated heterocycles. The molecular weight excluding hydrogens is 689 g/mol. The van der Waals surface area contributed by atoms with E-state index < -0.39 is 18.6 Å². The van der Waals surface area contributed by atoms with E-state index in [4.69, 9.17) is 9.10 Å². The Morgan fingerprint density at radius 1 is 0.491 bits per heavy atom. The van der Waals surface area contributed by atoms with Crippen LogP contribution in [0.1, 0.15) is 110 Å². The van der Waals surface area contributed by atoms with Crippen LogP contribution in [0.5, 0.6) is 0 Å². The fourth-order valence-electron chi connectivity index (χ4n) is 9.02. The molecule has 2 aromatic heterocycles. The highest BCUT2D eigenvalue weighted by molar-refractivity contribution is 5.85. The molecule has 2 heterocycles. The number of hydrogen-bond acceptors (Lipinski definition) is 2. The minimum absolute atomic E-state index is 0.249. The van der Waals surface area contributed by atoms with E-state index in [9.17, 15) is 2.74 Å². The number of aromatic nitrogens is 2. The Balaban J connectivity index is 0.945. The van der Waals surface area contributed by atoms with Crippen molar-refractivity contribution in [3.8, 4) is 55.9 Å². The average Bonchev–Trinajstić information content (AvgIpc) is 3.75. The van der Waals surface area contributed by atoms with Crippen molar-refractivity contribution in [1.82, 2.24) is 9.97 Å². The molecule has 2 nitrogen and oxygen atoms in total. The lowest BCUT2D eigenvalue weighted by Gasteiger charge is -2.22. The highest BCUT2D eigenvalue weighted by atomic mass is 14.7. The van der Waals surface area contributed by atoms with Crippen molar-refractivity contribution in [3.05, 3.63) is 179 Å². The summed E-state index contributed by atoms with van der Waals surface area (Å²) in [5, 5.41) is 0. The molecular formula is C55H54N2. The first-order valence-electron chi connectivity index (χ1n) is 23.4. The zero-order valence-corrected chi connectivity index (χ0v) is 33.0. The highest BCUT2D eigenvalue weighted by Crippen LogP contribution is 2.42. The summed E-state index contributed by atoms with van der Waals surface area (Å²) in [6.07, 6.45) is 14.4. The molecule has 2 fully saturated rings. The molecule has 2 heteroatoms. The van der Waals surface area contributed by atoms with Gasteiger partial charge in [-0.25, -0.2) is 0 Å². The first-order valence-corrected chi connectivity index (χ1v) is 20.9. The summed E-state index contributed by atoms with van der Waals surface area (Å²) in [5.74, 6) is -1.13. The van der Waals surface area contributed by atoms with Crippen LogP contribution in [0.25, 0.3) is 55.9 Å². The van der Waals surface area contributed by atoms with Crippen molar-refractivity contribution >= 4 is 0 Å². The van der Waals surface area contributed by atoms with Crippen LogP contribution in [-0.2, 0) is 12.8 Å². The molecule has 2 saturated carbocycles. The van der Waals surface area contributed by atoms with Gasteiger partial charge in [0.25, 0.3) is 0 Å².